The lowest BCUT2D eigenvalue weighted by Gasteiger charge is -1.92. The fourth-order valence-corrected chi connectivity index (χ4v) is 0.996. The molecule has 0 bridgehead atoms. The molecule has 0 aromatic carbocycles. The SMILES string of the molecule is CCc1coc(CC)c1N.Cl. The number of aryl methyl sites for hydroxylation is 2. The molecule has 1 heterocycles. The molecule has 0 amide bonds. The van der Waals surface area contributed by atoms with Crippen LogP contribution < -0.4 is 5.73 Å². The molecule has 0 unspecified atom stereocenters. The highest BCUT2D eigenvalue weighted by Crippen LogP contribution is 2.20. The zero-order valence-electron chi connectivity index (χ0n) is 6.89. The van der Waals surface area contributed by atoms with Crippen molar-refractivity contribution in [1.29, 1.82) is 0 Å². The van der Waals surface area contributed by atoms with Gasteiger partial charge in [-0.05, 0) is 6.42 Å². The molecule has 2 nitrogen and oxygen atoms in total. The Balaban J connectivity index is 0.000001000. The summed E-state index contributed by atoms with van der Waals surface area (Å²) in [6.45, 7) is 4.11. The first-order valence-electron chi connectivity index (χ1n) is 3.64. The largest absolute Gasteiger partial charge is 0.467 e. The molecule has 0 atom stereocenters. The monoisotopic (exact) mass is 175 g/mol. The van der Waals surface area contributed by atoms with Gasteiger partial charge in [-0.25, -0.2) is 0 Å². The number of nitrogens with two attached hydrogens (primary N) is 1. The Bertz CT molecular complexity index is 198. The van der Waals surface area contributed by atoms with E-state index in [0.717, 1.165) is 29.9 Å². The summed E-state index contributed by atoms with van der Waals surface area (Å²) in [5.74, 6) is 0.914. The van der Waals surface area contributed by atoms with Gasteiger partial charge in [-0.15, -0.1) is 12.4 Å². The van der Waals surface area contributed by atoms with Crippen LogP contribution in [-0.2, 0) is 12.8 Å². The average Bonchev–Trinajstić information content (AvgIpc) is 2.30. The Morgan fingerprint density at radius 2 is 2.00 bits per heavy atom. The summed E-state index contributed by atoms with van der Waals surface area (Å²) in [6.07, 6.45) is 3.58. The topological polar surface area (TPSA) is 39.2 Å². The Kier molecular flexibility index (Phi) is 4.04. The van der Waals surface area contributed by atoms with Crippen LogP contribution in [0.25, 0.3) is 0 Å². The summed E-state index contributed by atoms with van der Waals surface area (Å²) < 4.78 is 5.21. The second kappa shape index (κ2) is 4.29. The van der Waals surface area contributed by atoms with Crippen molar-refractivity contribution in [2.45, 2.75) is 26.7 Å². The van der Waals surface area contributed by atoms with Crippen molar-refractivity contribution in [3.63, 3.8) is 0 Å². The highest BCUT2D eigenvalue weighted by atomic mass is 35.5. The van der Waals surface area contributed by atoms with Crippen LogP contribution in [0.3, 0.4) is 0 Å². The minimum absolute atomic E-state index is 0. The molecule has 0 aliphatic carbocycles. The van der Waals surface area contributed by atoms with Gasteiger partial charge < -0.3 is 10.2 Å². The molecule has 0 aliphatic rings. The van der Waals surface area contributed by atoms with Gasteiger partial charge in [0.15, 0.2) is 0 Å². The molecule has 1 rings (SSSR count). The minimum Gasteiger partial charge on any atom is -0.467 e. The van der Waals surface area contributed by atoms with Gasteiger partial charge in [0.25, 0.3) is 0 Å². The third kappa shape index (κ3) is 1.90. The lowest BCUT2D eigenvalue weighted by Crippen LogP contribution is -1.91. The Morgan fingerprint density at radius 1 is 1.36 bits per heavy atom. The van der Waals surface area contributed by atoms with Gasteiger partial charge in [-0.2, -0.15) is 0 Å². The molecule has 1 aromatic heterocycles. The van der Waals surface area contributed by atoms with Gasteiger partial charge in [0.1, 0.15) is 5.76 Å². The zero-order chi connectivity index (χ0) is 7.56. The van der Waals surface area contributed by atoms with E-state index in [-0.39, 0.29) is 12.4 Å². The maximum absolute atomic E-state index is 5.73. The molecule has 11 heavy (non-hydrogen) atoms. The molecule has 0 saturated carbocycles. The summed E-state index contributed by atoms with van der Waals surface area (Å²) in [7, 11) is 0. The van der Waals surface area contributed by atoms with Crippen molar-refractivity contribution < 1.29 is 4.42 Å². The van der Waals surface area contributed by atoms with Crippen LogP contribution in [-0.4, -0.2) is 0 Å². The predicted octanol–water partition coefficient (Wildman–Crippen LogP) is 2.41. The standard InChI is InChI=1S/C8H13NO.ClH/c1-3-6-5-10-7(4-2)8(6)9;/h5H,3-4,9H2,1-2H3;1H. The fraction of sp³-hybridized carbons (Fsp3) is 0.500. The first-order chi connectivity index (χ1) is 4.79. The van der Waals surface area contributed by atoms with Crippen LogP contribution in [0.4, 0.5) is 5.69 Å². The van der Waals surface area contributed by atoms with Crippen molar-refractivity contribution in [3.8, 4) is 0 Å². The maximum Gasteiger partial charge on any atom is 0.126 e. The summed E-state index contributed by atoms with van der Waals surface area (Å²) in [6, 6.07) is 0. The highest BCUT2D eigenvalue weighted by molar-refractivity contribution is 5.85. The smallest absolute Gasteiger partial charge is 0.126 e. The van der Waals surface area contributed by atoms with E-state index < -0.39 is 0 Å². The van der Waals surface area contributed by atoms with Crippen LogP contribution in [0, 0.1) is 0 Å². The predicted molar refractivity (Wildman–Crippen MR) is 49.1 cm³/mol. The normalized spacial score (nSPS) is 9.27. The first-order valence-corrected chi connectivity index (χ1v) is 3.64. The van der Waals surface area contributed by atoms with E-state index in [9.17, 15) is 0 Å². The van der Waals surface area contributed by atoms with E-state index in [1.54, 1.807) is 6.26 Å². The van der Waals surface area contributed by atoms with E-state index in [4.69, 9.17) is 10.2 Å². The van der Waals surface area contributed by atoms with E-state index >= 15 is 0 Å². The van der Waals surface area contributed by atoms with Crippen molar-refractivity contribution in [3.05, 3.63) is 17.6 Å². The molecule has 3 heteroatoms. The molecular weight excluding hydrogens is 162 g/mol. The first kappa shape index (κ1) is 10.4. The van der Waals surface area contributed by atoms with E-state index in [1.165, 1.54) is 0 Å². The highest BCUT2D eigenvalue weighted by Gasteiger charge is 2.05. The molecular formula is C8H14ClNO. The second-order valence-corrected chi connectivity index (χ2v) is 2.30. The third-order valence-electron chi connectivity index (χ3n) is 1.69. The number of nitrogen functional groups attached to an aromatic ring is 1. The fourth-order valence-electron chi connectivity index (χ4n) is 0.996. The second-order valence-electron chi connectivity index (χ2n) is 2.30. The lowest BCUT2D eigenvalue weighted by molar-refractivity contribution is 0.515. The van der Waals surface area contributed by atoms with Crippen molar-refractivity contribution in [2.24, 2.45) is 0 Å². The summed E-state index contributed by atoms with van der Waals surface area (Å²) in [4.78, 5) is 0. The lowest BCUT2D eigenvalue weighted by atomic mass is 10.2. The quantitative estimate of drug-likeness (QED) is 0.750. The molecule has 1 aromatic rings. The number of hydrogen-bond acceptors (Lipinski definition) is 2. The Hall–Kier alpha value is -0.630. The number of halogens is 1. The van der Waals surface area contributed by atoms with Crippen LogP contribution in [0.15, 0.2) is 10.7 Å². The van der Waals surface area contributed by atoms with Crippen LogP contribution in [0.1, 0.15) is 25.2 Å². The van der Waals surface area contributed by atoms with Gasteiger partial charge in [-0.3, -0.25) is 0 Å². The number of hydrogen-bond donors (Lipinski definition) is 1. The molecule has 0 saturated heterocycles. The zero-order valence-corrected chi connectivity index (χ0v) is 7.70. The van der Waals surface area contributed by atoms with E-state index in [0.29, 0.717) is 0 Å². The molecule has 0 fully saturated rings. The van der Waals surface area contributed by atoms with Crippen molar-refractivity contribution >= 4 is 18.1 Å². The van der Waals surface area contributed by atoms with Crippen LogP contribution in [0.5, 0.6) is 0 Å². The van der Waals surface area contributed by atoms with E-state index in [2.05, 4.69) is 6.92 Å². The third-order valence-corrected chi connectivity index (χ3v) is 1.69. The summed E-state index contributed by atoms with van der Waals surface area (Å²) in [5, 5.41) is 0. The minimum atomic E-state index is 0. The maximum atomic E-state index is 5.73. The molecule has 0 aliphatic heterocycles. The van der Waals surface area contributed by atoms with Gasteiger partial charge in [0.2, 0.25) is 0 Å². The van der Waals surface area contributed by atoms with Gasteiger partial charge in [0.05, 0.1) is 12.0 Å². The molecule has 64 valence electrons. The molecule has 2 N–H and O–H groups in total. The number of anilines is 1. The van der Waals surface area contributed by atoms with Crippen molar-refractivity contribution in [2.75, 3.05) is 5.73 Å². The summed E-state index contributed by atoms with van der Waals surface area (Å²) >= 11 is 0. The van der Waals surface area contributed by atoms with E-state index in [1.807, 2.05) is 6.92 Å². The number of rotatable bonds is 2. The van der Waals surface area contributed by atoms with Gasteiger partial charge in [-0.1, -0.05) is 13.8 Å². The number of furan rings is 1. The van der Waals surface area contributed by atoms with Crippen LogP contribution >= 0.6 is 12.4 Å². The van der Waals surface area contributed by atoms with Crippen molar-refractivity contribution in [1.82, 2.24) is 0 Å². The summed E-state index contributed by atoms with van der Waals surface area (Å²) in [5.41, 5.74) is 7.69. The Morgan fingerprint density at radius 3 is 2.27 bits per heavy atom. The molecule has 0 spiro atoms. The molecule has 0 radical (unpaired) electrons. The average molecular weight is 176 g/mol. The van der Waals surface area contributed by atoms with Gasteiger partial charge in [0, 0.05) is 12.0 Å². The Labute approximate surface area is 73.2 Å². The van der Waals surface area contributed by atoms with Crippen LogP contribution in [0.2, 0.25) is 0 Å². The van der Waals surface area contributed by atoms with Gasteiger partial charge >= 0.3 is 0 Å².